The Bertz CT molecular complexity index is 514. The molecule has 7 nitrogen and oxygen atoms in total. The van der Waals surface area contributed by atoms with E-state index in [4.69, 9.17) is 0 Å². The summed E-state index contributed by atoms with van der Waals surface area (Å²) in [5, 5.41) is 10.5. The molecule has 7 heteroatoms. The first-order valence-electron chi connectivity index (χ1n) is 5.12. The van der Waals surface area contributed by atoms with Crippen LogP contribution in [0.25, 0.3) is 6.08 Å². The summed E-state index contributed by atoms with van der Waals surface area (Å²) in [7, 11) is 2.27. The fraction of sp³-hybridized carbons (Fsp3) is 0.167. The highest BCUT2D eigenvalue weighted by atomic mass is 16.6. The fourth-order valence-electron chi connectivity index (χ4n) is 1.28. The largest absolute Gasteiger partial charge is 0.465 e. The van der Waals surface area contributed by atoms with E-state index in [9.17, 15) is 19.7 Å². The van der Waals surface area contributed by atoms with E-state index in [1.165, 1.54) is 30.3 Å². The number of nitro benzene ring substituents is 1. The van der Waals surface area contributed by atoms with E-state index < -0.39 is 16.9 Å². The van der Waals surface area contributed by atoms with Gasteiger partial charge in [-0.15, -0.1) is 0 Å². The van der Waals surface area contributed by atoms with Gasteiger partial charge in [-0.1, -0.05) is 0 Å². The van der Waals surface area contributed by atoms with E-state index in [2.05, 4.69) is 9.47 Å². The van der Waals surface area contributed by atoms with Gasteiger partial charge in [-0.2, -0.15) is 0 Å². The third-order valence-corrected chi connectivity index (χ3v) is 2.23. The average molecular weight is 265 g/mol. The molecule has 1 aromatic rings. The van der Waals surface area contributed by atoms with Crippen LogP contribution >= 0.6 is 0 Å². The first-order valence-corrected chi connectivity index (χ1v) is 5.12. The van der Waals surface area contributed by atoms with Gasteiger partial charge >= 0.3 is 11.9 Å². The van der Waals surface area contributed by atoms with Crippen LogP contribution in [0.3, 0.4) is 0 Å². The first-order chi connectivity index (χ1) is 8.99. The number of rotatable bonds is 4. The summed E-state index contributed by atoms with van der Waals surface area (Å²) in [5.74, 6) is -1.68. The smallest absolute Gasteiger partial charge is 0.345 e. The lowest BCUT2D eigenvalue weighted by atomic mass is 10.1. The maximum Gasteiger partial charge on any atom is 0.345 e. The van der Waals surface area contributed by atoms with Crippen LogP contribution < -0.4 is 0 Å². The number of hydrogen-bond acceptors (Lipinski definition) is 6. The van der Waals surface area contributed by atoms with Gasteiger partial charge in [0.15, 0.2) is 0 Å². The molecule has 1 aromatic carbocycles. The Hall–Kier alpha value is -2.70. The van der Waals surface area contributed by atoms with Crippen LogP contribution in [0.2, 0.25) is 0 Å². The van der Waals surface area contributed by atoms with E-state index in [-0.39, 0.29) is 11.3 Å². The molecule has 0 N–H and O–H groups in total. The summed E-state index contributed by atoms with van der Waals surface area (Å²) in [6.45, 7) is 0. The molecule has 0 saturated carbocycles. The summed E-state index contributed by atoms with van der Waals surface area (Å²) >= 11 is 0. The highest BCUT2D eigenvalue weighted by Gasteiger charge is 2.19. The number of hydrogen-bond donors (Lipinski definition) is 0. The highest BCUT2D eigenvalue weighted by molar-refractivity contribution is 6.17. The Labute approximate surface area is 108 Å². The second-order valence-electron chi connectivity index (χ2n) is 3.39. The molecule has 0 aromatic heterocycles. The van der Waals surface area contributed by atoms with Gasteiger partial charge in [-0.05, 0) is 23.8 Å². The number of benzene rings is 1. The third kappa shape index (κ3) is 3.63. The zero-order valence-corrected chi connectivity index (χ0v) is 10.3. The predicted molar refractivity (Wildman–Crippen MR) is 65.1 cm³/mol. The number of esters is 2. The van der Waals surface area contributed by atoms with Crippen molar-refractivity contribution in [2.45, 2.75) is 0 Å². The number of carbonyl (C=O) groups excluding carboxylic acids is 2. The van der Waals surface area contributed by atoms with Crippen LogP contribution in [0.1, 0.15) is 5.56 Å². The normalized spacial score (nSPS) is 9.37. The van der Waals surface area contributed by atoms with Crippen molar-refractivity contribution in [1.29, 1.82) is 0 Å². The zero-order valence-electron chi connectivity index (χ0n) is 10.3. The molecule has 0 aliphatic heterocycles. The Balaban J connectivity index is 3.11. The molecule has 0 unspecified atom stereocenters. The van der Waals surface area contributed by atoms with Crippen molar-refractivity contribution in [3.05, 3.63) is 45.5 Å². The van der Waals surface area contributed by atoms with Gasteiger partial charge in [-0.3, -0.25) is 10.1 Å². The molecule has 0 aliphatic rings. The van der Waals surface area contributed by atoms with E-state index >= 15 is 0 Å². The molecule has 0 aliphatic carbocycles. The minimum atomic E-state index is -0.842. The molecule has 0 fully saturated rings. The summed E-state index contributed by atoms with van der Waals surface area (Å²) in [5.41, 5.74) is 0.0603. The van der Waals surface area contributed by atoms with Crippen molar-refractivity contribution in [3.8, 4) is 0 Å². The Morgan fingerprint density at radius 3 is 1.95 bits per heavy atom. The number of ether oxygens (including phenoxy) is 2. The molecular weight excluding hydrogens is 254 g/mol. The maximum absolute atomic E-state index is 11.4. The molecule has 0 heterocycles. The van der Waals surface area contributed by atoms with Gasteiger partial charge in [-0.25, -0.2) is 9.59 Å². The lowest BCUT2D eigenvalue weighted by Gasteiger charge is -2.03. The SMILES string of the molecule is COC(=O)C(=Cc1ccc([N+](=O)[O-])cc1)C(=O)OC. The van der Waals surface area contributed by atoms with Crippen LogP contribution in [0.15, 0.2) is 29.8 Å². The van der Waals surface area contributed by atoms with E-state index in [1.54, 1.807) is 0 Å². The minimum absolute atomic E-state index is 0.0881. The molecule has 0 radical (unpaired) electrons. The number of non-ortho nitro benzene ring substituents is 1. The standard InChI is InChI=1S/C12H11NO6/c1-18-11(14)10(12(15)19-2)7-8-3-5-9(6-4-8)13(16)17/h3-7H,1-2H3. The topological polar surface area (TPSA) is 95.7 Å². The quantitative estimate of drug-likeness (QED) is 0.203. The van der Waals surface area contributed by atoms with E-state index in [1.807, 2.05) is 0 Å². The Morgan fingerprint density at radius 1 is 1.11 bits per heavy atom. The van der Waals surface area contributed by atoms with Crippen molar-refractivity contribution < 1.29 is 24.0 Å². The van der Waals surface area contributed by atoms with Crippen LogP contribution in [-0.4, -0.2) is 31.1 Å². The molecule has 1 rings (SSSR count). The maximum atomic E-state index is 11.4. The van der Waals surface area contributed by atoms with Crippen molar-refractivity contribution in [2.24, 2.45) is 0 Å². The molecule has 0 amide bonds. The Kier molecular flexibility index (Phi) is 4.76. The molecule has 0 bridgehead atoms. The van der Waals surface area contributed by atoms with Gasteiger partial charge in [0.2, 0.25) is 0 Å². The fourth-order valence-corrected chi connectivity index (χ4v) is 1.28. The van der Waals surface area contributed by atoms with Crippen molar-refractivity contribution >= 4 is 23.7 Å². The monoisotopic (exact) mass is 265 g/mol. The second kappa shape index (κ2) is 6.29. The Morgan fingerprint density at radius 2 is 1.58 bits per heavy atom. The van der Waals surface area contributed by atoms with E-state index in [0.29, 0.717) is 5.56 Å². The molecule has 0 saturated heterocycles. The van der Waals surface area contributed by atoms with Crippen molar-refractivity contribution in [2.75, 3.05) is 14.2 Å². The summed E-state index contributed by atoms with van der Waals surface area (Å²) < 4.78 is 8.91. The van der Waals surface area contributed by atoms with Crippen LogP contribution in [0, 0.1) is 10.1 Å². The van der Waals surface area contributed by atoms with E-state index in [0.717, 1.165) is 14.2 Å². The molecule has 0 atom stereocenters. The van der Waals surface area contributed by atoms with Crippen LogP contribution in [0.5, 0.6) is 0 Å². The minimum Gasteiger partial charge on any atom is -0.465 e. The molecule has 100 valence electrons. The third-order valence-electron chi connectivity index (χ3n) is 2.23. The van der Waals surface area contributed by atoms with Crippen molar-refractivity contribution in [3.63, 3.8) is 0 Å². The van der Waals surface area contributed by atoms with Gasteiger partial charge < -0.3 is 9.47 Å². The first kappa shape index (κ1) is 14.4. The lowest BCUT2D eigenvalue weighted by Crippen LogP contribution is -2.15. The van der Waals surface area contributed by atoms with Crippen LogP contribution in [0.4, 0.5) is 5.69 Å². The van der Waals surface area contributed by atoms with Gasteiger partial charge in [0.05, 0.1) is 19.1 Å². The summed E-state index contributed by atoms with van der Waals surface area (Å²) in [4.78, 5) is 32.7. The van der Waals surface area contributed by atoms with Crippen molar-refractivity contribution in [1.82, 2.24) is 0 Å². The number of nitro groups is 1. The average Bonchev–Trinajstić information content (AvgIpc) is 2.43. The lowest BCUT2D eigenvalue weighted by molar-refractivity contribution is -0.384. The number of carbonyl (C=O) groups is 2. The molecule has 19 heavy (non-hydrogen) atoms. The highest BCUT2D eigenvalue weighted by Crippen LogP contribution is 2.15. The van der Waals surface area contributed by atoms with Gasteiger partial charge in [0.1, 0.15) is 5.57 Å². The van der Waals surface area contributed by atoms with Crippen LogP contribution in [-0.2, 0) is 19.1 Å². The predicted octanol–water partition coefficient (Wildman–Crippen LogP) is 1.32. The van der Waals surface area contributed by atoms with Gasteiger partial charge in [0, 0.05) is 12.1 Å². The zero-order chi connectivity index (χ0) is 14.4. The summed E-state index contributed by atoms with van der Waals surface area (Å²) in [6, 6.07) is 5.34. The summed E-state index contributed by atoms with van der Waals surface area (Å²) in [6.07, 6.45) is 1.24. The van der Waals surface area contributed by atoms with Gasteiger partial charge in [0.25, 0.3) is 5.69 Å². The number of nitrogens with zero attached hydrogens (tertiary/aromatic N) is 1. The molecular formula is C12H11NO6. The number of methoxy groups -OCH3 is 2. The second-order valence-corrected chi connectivity index (χ2v) is 3.39. The molecule has 0 spiro atoms.